The van der Waals surface area contributed by atoms with E-state index in [1.807, 2.05) is 44.2 Å². The zero-order valence-electron chi connectivity index (χ0n) is 14.7. The summed E-state index contributed by atoms with van der Waals surface area (Å²) in [5.41, 5.74) is 7.68. The first kappa shape index (κ1) is 18.1. The summed E-state index contributed by atoms with van der Waals surface area (Å²) in [7, 11) is -3.48. The van der Waals surface area contributed by atoms with Crippen LogP contribution >= 0.6 is 0 Å². The summed E-state index contributed by atoms with van der Waals surface area (Å²) in [5, 5.41) is -0.554. The van der Waals surface area contributed by atoms with Gasteiger partial charge in [-0.2, -0.15) is 0 Å². The number of hydrogen-bond donors (Lipinski definition) is 1. The first-order chi connectivity index (χ1) is 12.0. The van der Waals surface area contributed by atoms with Crippen LogP contribution in [0, 0.1) is 12.3 Å². The molecule has 3 atom stereocenters. The van der Waals surface area contributed by atoms with Gasteiger partial charge in [-0.1, -0.05) is 48.0 Å². The largest absolute Gasteiger partial charge is 0.381 e. The molecule has 2 aromatic rings. The van der Waals surface area contributed by atoms with E-state index in [0.29, 0.717) is 18.1 Å². The fraction of sp³-hybridized carbons (Fsp3) is 0.400. The maximum absolute atomic E-state index is 13.3. The molecule has 5 heteroatoms. The number of aryl methyl sites for hydroxylation is 1. The highest BCUT2D eigenvalue weighted by molar-refractivity contribution is 7.92. The Morgan fingerprint density at radius 2 is 1.72 bits per heavy atom. The van der Waals surface area contributed by atoms with Crippen LogP contribution in [0.1, 0.15) is 24.0 Å². The molecule has 0 spiro atoms. The van der Waals surface area contributed by atoms with E-state index < -0.39 is 20.5 Å². The standard InChI is InChI=1S/C20H25NO3S/c1-3-24-14-20(13-21)18(16-11-9-15(2)10-12-16)19(20)25(22,23)17-7-5-4-6-8-17/h4-12,18-19H,3,13-14,21H2,1-2H3/t18-,19+,20-/m1/s1. The molecule has 1 aliphatic rings. The molecule has 134 valence electrons. The minimum Gasteiger partial charge on any atom is -0.381 e. The molecule has 0 bridgehead atoms. The van der Waals surface area contributed by atoms with Crippen molar-refractivity contribution in [3.63, 3.8) is 0 Å². The molecule has 25 heavy (non-hydrogen) atoms. The van der Waals surface area contributed by atoms with Crippen LogP contribution in [0.5, 0.6) is 0 Å². The summed E-state index contributed by atoms with van der Waals surface area (Å²) in [6.07, 6.45) is 0. The molecule has 0 amide bonds. The normalized spacial score (nSPS) is 25.7. The molecule has 0 heterocycles. The smallest absolute Gasteiger partial charge is 0.182 e. The summed E-state index contributed by atoms with van der Waals surface area (Å²) >= 11 is 0. The van der Waals surface area contributed by atoms with E-state index in [1.54, 1.807) is 24.3 Å². The van der Waals surface area contributed by atoms with Crippen LogP contribution in [-0.2, 0) is 14.6 Å². The van der Waals surface area contributed by atoms with Gasteiger partial charge >= 0.3 is 0 Å². The minimum absolute atomic E-state index is 0.144. The van der Waals surface area contributed by atoms with Crippen molar-refractivity contribution in [3.8, 4) is 0 Å². The molecular weight excluding hydrogens is 334 g/mol. The Kier molecular flexibility index (Phi) is 5.00. The number of hydrogen-bond acceptors (Lipinski definition) is 4. The summed E-state index contributed by atoms with van der Waals surface area (Å²) < 4.78 is 32.2. The molecule has 0 aliphatic heterocycles. The predicted molar refractivity (Wildman–Crippen MR) is 99.3 cm³/mol. The second-order valence-electron chi connectivity index (χ2n) is 6.74. The van der Waals surface area contributed by atoms with Crippen molar-refractivity contribution in [3.05, 3.63) is 65.7 Å². The Labute approximate surface area is 149 Å². The number of ether oxygens (including phenoxy) is 1. The summed E-state index contributed by atoms with van der Waals surface area (Å²) in [4.78, 5) is 0.351. The van der Waals surface area contributed by atoms with Gasteiger partial charge in [0.05, 0.1) is 16.8 Å². The zero-order chi connectivity index (χ0) is 18.1. The highest BCUT2D eigenvalue weighted by atomic mass is 32.2. The van der Waals surface area contributed by atoms with Crippen molar-refractivity contribution in [2.45, 2.75) is 29.9 Å². The van der Waals surface area contributed by atoms with E-state index in [0.717, 1.165) is 11.1 Å². The maximum Gasteiger partial charge on any atom is 0.182 e. The van der Waals surface area contributed by atoms with Crippen molar-refractivity contribution in [2.24, 2.45) is 11.1 Å². The van der Waals surface area contributed by atoms with Gasteiger partial charge in [0.25, 0.3) is 0 Å². The van der Waals surface area contributed by atoms with Gasteiger partial charge in [0.15, 0.2) is 9.84 Å². The van der Waals surface area contributed by atoms with Gasteiger partial charge in [0.1, 0.15) is 0 Å². The molecule has 1 fully saturated rings. The third-order valence-electron chi connectivity index (χ3n) is 5.18. The van der Waals surface area contributed by atoms with Gasteiger partial charge in [0.2, 0.25) is 0 Å². The van der Waals surface area contributed by atoms with E-state index in [9.17, 15) is 8.42 Å². The average molecular weight is 359 g/mol. The van der Waals surface area contributed by atoms with Crippen LogP contribution in [0.25, 0.3) is 0 Å². The van der Waals surface area contributed by atoms with E-state index in [1.165, 1.54) is 0 Å². The Hall–Kier alpha value is -1.69. The van der Waals surface area contributed by atoms with E-state index in [4.69, 9.17) is 10.5 Å². The Morgan fingerprint density at radius 3 is 2.28 bits per heavy atom. The van der Waals surface area contributed by atoms with Crippen molar-refractivity contribution >= 4 is 9.84 Å². The lowest BCUT2D eigenvalue weighted by atomic mass is 9.99. The summed E-state index contributed by atoms with van der Waals surface area (Å²) in [5.74, 6) is -0.144. The summed E-state index contributed by atoms with van der Waals surface area (Å²) in [6.45, 7) is 5.11. The lowest BCUT2D eigenvalue weighted by molar-refractivity contribution is 0.101. The topological polar surface area (TPSA) is 69.4 Å². The van der Waals surface area contributed by atoms with Crippen LogP contribution in [0.2, 0.25) is 0 Å². The molecular formula is C20H25NO3S. The molecule has 4 nitrogen and oxygen atoms in total. The molecule has 0 unspecified atom stereocenters. The lowest BCUT2D eigenvalue weighted by Crippen LogP contribution is -2.29. The third kappa shape index (κ3) is 3.12. The van der Waals surface area contributed by atoms with Crippen molar-refractivity contribution in [1.82, 2.24) is 0 Å². The van der Waals surface area contributed by atoms with E-state index in [-0.39, 0.29) is 12.5 Å². The van der Waals surface area contributed by atoms with Crippen LogP contribution in [0.4, 0.5) is 0 Å². The molecule has 1 saturated carbocycles. The van der Waals surface area contributed by atoms with E-state index in [2.05, 4.69) is 0 Å². The average Bonchev–Trinajstić information content (AvgIpc) is 3.31. The van der Waals surface area contributed by atoms with Gasteiger partial charge in [-0.25, -0.2) is 8.42 Å². The minimum atomic E-state index is -3.48. The van der Waals surface area contributed by atoms with Gasteiger partial charge in [0, 0.05) is 24.5 Å². The van der Waals surface area contributed by atoms with Crippen LogP contribution in [0.15, 0.2) is 59.5 Å². The highest BCUT2D eigenvalue weighted by Gasteiger charge is 2.70. The molecule has 3 rings (SSSR count). The second-order valence-corrected chi connectivity index (χ2v) is 8.81. The molecule has 2 aromatic carbocycles. The Morgan fingerprint density at radius 1 is 1.08 bits per heavy atom. The first-order valence-electron chi connectivity index (χ1n) is 8.60. The van der Waals surface area contributed by atoms with Crippen LogP contribution in [-0.4, -0.2) is 33.4 Å². The molecule has 0 saturated heterocycles. The number of benzene rings is 2. The van der Waals surface area contributed by atoms with Gasteiger partial charge in [-0.3, -0.25) is 0 Å². The van der Waals surface area contributed by atoms with Crippen LogP contribution in [0.3, 0.4) is 0 Å². The number of rotatable bonds is 7. The lowest BCUT2D eigenvalue weighted by Gasteiger charge is -2.16. The molecule has 2 N–H and O–H groups in total. The number of nitrogens with two attached hydrogens (primary N) is 1. The maximum atomic E-state index is 13.3. The van der Waals surface area contributed by atoms with Crippen LogP contribution < -0.4 is 5.73 Å². The monoisotopic (exact) mass is 359 g/mol. The van der Waals surface area contributed by atoms with Gasteiger partial charge < -0.3 is 10.5 Å². The van der Waals surface area contributed by atoms with Crippen molar-refractivity contribution in [2.75, 3.05) is 19.8 Å². The second kappa shape index (κ2) is 6.90. The quantitative estimate of drug-likeness (QED) is 0.825. The van der Waals surface area contributed by atoms with E-state index >= 15 is 0 Å². The fourth-order valence-electron chi connectivity index (χ4n) is 3.74. The molecule has 0 aromatic heterocycles. The molecule has 0 radical (unpaired) electrons. The first-order valence-corrected chi connectivity index (χ1v) is 10.2. The highest BCUT2D eigenvalue weighted by Crippen LogP contribution is 2.63. The van der Waals surface area contributed by atoms with Crippen molar-refractivity contribution < 1.29 is 13.2 Å². The number of sulfone groups is 1. The molecule has 1 aliphatic carbocycles. The SMILES string of the molecule is CCOC[C@]1(CN)[C@H](c2ccc(C)cc2)[C@@H]1S(=O)(=O)c1ccccc1. The Balaban J connectivity index is 2.04. The van der Waals surface area contributed by atoms with Gasteiger partial charge in [-0.05, 0) is 31.5 Å². The third-order valence-corrected chi connectivity index (χ3v) is 7.52. The summed E-state index contributed by atoms with van der Waals surface area (Å²) in [6, 6.07) is 16.7. The predicted octanol–water partition coefficient (Wildman–Crippen LogP) is 2.92. The van der Waals surface area contributed by atoms with Gasteiger partial charge in [-0.15, -0.1) is 0 Å². The Bertz CT molecular complexity index is 818. The fourth-order valence-corrected chi connectivity index (χ4v) is 6.21. The van der Waals surface area contributed by atoms with Crippen molar-refractivity contribution in [1.29, 1.82) is 0 Å². The zero-order valence-corrected chi connectivity index (χ0v) is 15.5.